The average molecular weight is 348 g/mol. The van der Waals surface area contributed by atoms with E-state index in [9.17, 15) is 9.59 Å². The molecule has 2 amide bonds. The molecule has 6 heteroatoms. The number of nitrogens with one attached hydrogen (secondary N) is 1. The van der Waals surface area contributed by atoms with Crippen molar-refractivity contribution < 1.29 is 19.1 Å². The molecule has 0 radical (unpaired) electrons. The Morgan fingerprint density at radius 2 is 1.96 bits per heavy atom. The van der Waals surface area contributed by atoms with Gasteiger partial charge in [0.15, 0.2) is 0 Å². The number of hydrogen-bond donors (Lipinski definition) is 1. The lowest BCUT2D eigenvalue weighted by atomic mass is 10.1. The third-order valence-corrected chi connectivity index (χ3v) is 4.35. The van der Waals surface area contributed by atoms with E-state index in [4.69, 9.17) is 9.47 Å². The van der Waals surface area contributed by atoms with Crippen LogP contribution in [0.25, 0.3) is 0 Å². The monoisotopic (exact) mass is 348 g/mol. The first kappa shape index (κ1) is 19.1. The van der Waals surface area contributed by atoms with Crippen molar-refractivity contribution in [3.63, 3.8) is 0 Å². The van der Waals surface area contributed by atoms with Gasteiger partial charge in [-0.15, -0.1) is 0 Å². The van der Waals surface area contributed by atoms with Crippen LogP contribution >= 0.6 is 0 Å². The van der Waals surface area contributed by atoms with E-state index in [-0.39, 0.29) is 17.7 Å². The molecule has 2 rings (SSSR count). The van der Waals surface area contributed by atoms with Crippen LogP contribution in [-0.2, 0) is 9.59 Å². The molecule has 0 saturated carbocycles. The maximum absolute atomic E-state index is 12.2. The van der Waals surface area contributed by atoms with Crippen LogP contribution in [0, 0.1) is 5.92 Å². The number of hydrogen-bond acceptors (Lipinski definition) is 4. The van der Waals surface area contributed by atoms with Gasteiger partial charge in [0, 0.05) is 19.5 Å². The van der Waals surface area contributed by atoms with Crippen molar-refractivity contribution in [2.45, 2.75) is 32.6 Å². The molecule has 138 valence electrons. The van der Waals surface area contributed by atoms with Gasteiger partial charge in [0.05, 0.1) is 19.6 Å². The summed E-state index contributed by atoms with van der Waals surface area (Å²) in [4.78, 5) is 26.0. The molecule has 0 bridgehead atoms. The number of benzene rings is 1. The fourth-order valence-electron chi connectivity index (χ4n) is 2.88. The predicted octanol–water partition coefficient (Wildman–Crippen LogP) is 2.23. The van der Waals surface area contributed by atoms with E-state index in [1.54, 1.807) is 7.11 Å². The normalized spacial score (nSPS) is 16.8. The lowest BCUT2D eigenvalue weighted by Crippen LogP contribution is -2.35. The van der Waals surface area contributed by atoms with Gasteiger partial charge in [0.2, 0.25) is 11.8 Å². The third kappa shape index (κ3) is 5.96. The summed E-state index contributed by atoms with van der Waals surface area (Å²) < 4.78 is 10.7. The Labute approximate surface area is 149 Å². The summed E-state index contributed by atoms with van der Waals surface area (Å²) in [6.45, 7) is 4.24. The standard InChI is InChI=1S/C19H28N2O4/c1-3-4-5-11-21-14-15(13-18(21)22)19(23)20-10-12-25-17-8-6-16(24-2)7-9-17/h6-9,15H,3-5,10-14H2,1-2H3,(H,20,23). The highest BCUT2D eigenvalue weighted by atomic mass is 16.5. The topological polar surface area (TPSA) is 67.9 Å². The molecule has 0 spiro atoms. The van der Waals surface area contributed by atoms with Crippen molar-refractivity contribution in [1.82, 2.24) is 10.2 Å². The van der Waals surface area contributed by atoms with E-state index < -0.39 is 0 Å². The fourth-order valence-corrected chi connectivity index (χ4v) is 2.88. The van der Waals surface area contributed by atoms with Crippen molar-refractivity contribution >= 4 is 11.8 Å². The van der Waals surface area contributed by atoms with Gasteiger partial charge in [0.25, 0.3) is 0 Å². The summed E-state index contributed by atoms with van der Waals surface area (Å²) in [6.07, 6.45) is 3.56. The maximum atomic E-state index is 12.2. The summed E-state index contributed by atoms with van der Waals surface area (Å²) in [6, 6.07) is 7.30. The number of likely N-dealkylation sites (tertiary alicyclic amines) is 1. The van der Waals surface area contributed by atoms with Crippen LogP contribution < -0.4 is 14.8 Å². The molecule has 1 saturated heterocycles. The van der Waals surface area contributed by atoms with Gasteiger partial charge in [-0.3, -0.25) is 9.59 Å². The van der Waals surface area contributed by atoms with Crippen molar-refractivity contribution in [1.29, 1.82) is 0 Å². The summed E-state index contributed by atoms with van der Waals surface area (Å²) in [5, 5.41) is 2.86. The van der Waals surface area contributed by atoms with Gasteiger partial charge in [0.1, 0.15) is 18.1 Å². The van der Waals surface area contributed by atoms with Crippen LogP contribution in [0.4, 0.5) is 0 Å². The summed E-state index contributed by atoms with van der Waals surface area (Å²) in [5.41, 5.74) is 0. The lowest BCUT2D eigenvalue weighted by Gasteiger charge is -2.16. The summed E-state index contributed by atoms with van der Waals surface area (Å²) in [5.74, 6) is 1.29. The van der Waals surface area contributed by atoms with E-state index in [2.05, 4.69) is 12.2 Å². The zero-order valence-electron chi connectivity index (χ0n) is 15.1. The number of unbranched alkanes of at least 4 members (excludes halogenated alkanes) is 2. The van der Waals surface area contributed by atoms with Crippen molar-refractivity contribution in [3.05, 3.63) is 24.3 Å². The second-order valence-electron chi connectivity index (χ2n) is 6.26. The Balaban J connectivity index is 1.65. The molecule has 1 atom stereocenters. The SMILES string of the molecule is CCCCCN1CC(C(=O)NCCOc2ccc(OC)cc2)CC1=O. The quantitative estimate of drug-likeness (QED) is 0.659. The van der Waals surface area contributed by atoms with E-state index >= 15 is 0 Å². The lowest BCUT2D eigenvalue weighted by molar-refractivity contribution is -0.129. The molecule has 1 heterocycles. The van der Waals surface area contributed by atoms with Gasteiger partial charge >= 0.3 is 0 Å². The van der Waals surface area contributed by atoms with Crippen molar-refractivity contribution in [2.75, 3.05) is 33.4 Å². The number of amides is 2. The van der Waals surface area contributed by atoms with Crippen molar-refractivity contribution in [2.24, 2.45) is 5.92 Å². The number of nitrogens with zero attached hydrogens (tertiary/aromatic N) is 1. The average Bonchev–Trinajstić information content (AvgIpc) is 3.00. The Bertz CT molecular complexity index is 559. The van der Waals surface area contributed by atoms with Crippen LogP contribution in [-0.4, -0.2) is 50.1 Å². The van der Waals surface area contributed by atoms with Crippen LogP contribution in [0.3, 0.4) is 0 Å². The second kappa shape index (κ2) is 9.91. The second-order valence-corrected chi connectivity index (χ2v) is 6.26. The first-order valence-electron chi connectivity index (χ1n) is 8.96. The van der Waals surface area contributed by atoms with Crippen LogP contribution in [0.5, 0.6) is 11.5 Å². The minimum Gasteiger partial charge on any atom is -0.497 e. The molecule has 1 aromatic carbocycles. The molecule has 0 aliphatic carbocycles. The molecule has 1 aliphatic rings. The molecule has 0 aromatic heterocycles. The third-order valence-electron chi connectivity index (χ3n) is 4.35. The van der Waals surface area contributed by atoms with Gasteiger partial charge in [-0.05, 0) is 30.7 Å². The molecule has 1 aromatic rings. The Morgan fingerprint density at radius 3 is 2.64 bits per heavy atom. The van der Waals surface area contributed by atoms with Crippen LogP contribution in [0.2, 0.25) is 0 Å². The molecular weight excluding hydrogens is 320 g/mol. The first-order valence-corrected chi connectivity index (χ1v) is 8.96. The number of carbonyl (C=O) groups is 2. The van der Waals surface area contributed by atoms with Gasteiger partial charge < -0.3 is 19.7 Å². The Kier molecular flexibility index (Phi) is 7.57. The van der Waals surface area contributed by atoms with E-state index in [1.807, 2.05) is 29.2 Å². The Hall–Kier alpha value is -2.24. The van der Waals surface area contributed by atoms with E-state index in [0.717, 1.165) is 37.3 Å². The molecule has 1 unspecified atom stereocenters. The van der Waals surface area contributed by atoms with E-state index in [1.165, 1.54) is 0 Å². The minimum absolute atomic E-state index is 0.0651. The fraction of sp³-hybridized carbons (Fsp3) is 0.579. The molecule has 25 heavy (non-hydrogen) atoms. The van der Waals surface area contributed by atoms with Crippen LogP contribution in [0.1, 0.15) is 32.6 Å². The van der Waals surface area contributed by atoms with E-state index in [0.29, 0.717) is 26.1 Å². The van der Waals surface area contributed by atoms with Crippen LogP contribution in [0.15, 0.2) is 24.3 Å². The minimum atomic E-state index is -0.241. The molecule has 1 fully saturated rings. The summed E-state index contributed by atoms with van der Waals surface area (Å²) in [7, 11) is 1.62. The highest BCUT2D eigenvalue weighted by molar-refractivity contribution is 5.89. The molecular formula is C19H28N2O4. The predicted molar refractivity (Wildman–Crippen MR) is 95.7 cm³/mol. The number of methoxy groups -OCH3 is 1. The van der Waals surface area contributed by atoms with Gasteiger partial charge in [-0.2, -0.15) is 0 Å². The first-order chi connectivity index (χ1) is 12.1. The maximum Gasteiger partial charge on any atom is 0.225 e. The summed E-state index contributed by atoms with van der Waals surface area (Å²) >= 11 is 0. The number of ether oxygens (including phenoxy) is 2. The highest BCUT2D eigenvalue weighted by Gasteiger charge is 2.33. The number of carbonyl (C=O) groups excluding carboxylic acids is 2. The van der Waals surface area contributed by atoms with Gasteiger partial charge in [-0.1, -0.05) is 19.8 Å². The highest BCUT2D eigenvalue weighted by Crippen LogP contribution is 2.19. The smallest absolute Gasteiger partial charge is 0.225 e. The number of rotatable bonds is 10. The van der Waals surface area contributed by atoms with Crippen molar-refractivity contribution in [3.8, 4) is 11.5 Å². The zero-order valence-corrected chi connectivity index (χ0v) is 15.1. The largest absolute Gasteiger partial charge is 0.497 e. The molecule has 1 N–H and O–H groups in total. The molecule has 1 aliphatic heterocycles. The molecule has 6 nitrogen and oxygen atoms in total. The zero-order chi connectivity index (χ0) is 18.1. The van der Waals surface area contributed by atoms with Gasteiger partial charge in [-0.25, -0.2) is 0 Å². The Morgan fingerprint density at radius 1 is 1.24 bits per heavy atom.